The maximum atomic E-state index is 12.7. The average Bonchev–Trinajstić information content (AvgIpc) is 3.15. The number of rotatable bonds is 3. The maximum Gasteiger partial charge on any atom is 0.269 e. The summed E-state index contributed by atoms with van der Waals surface area (Å²) in [6, 6.07) is 3.79. The molecule has 2 aliphatic heterocycles. The molecule has 0 aliphatic carbocycles. The number of carbonyl (C=O) groups is 2. The van der Waals surface area contributed by atoms with Crippen molar-refractivity contribution in [3.8, 4) is 0 Å². The molecule has 3 heterocycles. The van der Waals surface area contributed by atoms with Crippen molar-refractivity contribution >= 4 is 11.8 Å². The fraction of sp³-hybridized carbons (Fsp3) is 0.588. The third kappa shape index (κ3) is 3.52. The molecule has 124 valence electrons. The topological polar surface area (TPSA) is 65.5 Å². The molecule has 3 rings (SSSR count). The van der Waals surface area contributed by atoms with Crippen molar-refractivity contribution in [2.75, 3.05) is 33.2 Å². The van der Waals surface area contributed by atoms with Crippen molar-refractivity contribution in [1.29, 1.82) is 0 Å². The Balaban J connectivity index is 1.65. The Morgan fingerprint density at radius 3 is 2.61 bits per heavy atom. The molecule has 23 heavy (non-hydrogen) atoms. The van der Waals surface area contributed by atoms with Crippen LogP contribution in [0, 0.1) is 0 Å². The van der Waals surface area contributed by atoms with Gasteiger partial charge in [-0.05, 0) is 50.9 Å². The van der Waals surface area contributed by atoms with Gasteiger partial charge in [0.05, 0.1) is 5.56 Å². The van der Waals surface area contributed by atoms with E-state index in [1.54, 1.807) is 19.2 Å². The van der Waals surface area contributed by atoms with Crippen molar-refractivity contribution in [2.45, 2.75) is 31.7 Å². The Hall–Kier alpha value is -1.95. The highest BCUT2D eigenvalue weighted by atomic mass is 16.2. The predicted octanol–water partition coefficient (Wildman–Crippen LogP) is 1.14. The second-order valence-corrected chi connectivity index (χ2v) is 6.30. The van der Waals surface area contributed by atoms with Gasteiger partial charge < -0.3 is 10.2 Å². The highest BCUT2D eigenvalue weighted by Gasteiger charge is 2.29. The molecule has 1 aromatic heterocycles. The van der Waals surface area contributed by atoms with Gasteiger partial charge in [-0.2, -0.15) is 0 Å². The minimum Gasteiger partial charge on any atom is -0.354 e. The Labute approximate surface area is 136 Å². The summed E-state index contributed by atoms with van der Waals surface area (Å²) in [7, 11) is 1.56. The number of aromatic nitrogens is 1. The van der Waals surface area contributed by atoms with Gasteiger partial charge in [0.25, 0.3) is 11.8 Å². The summed E-state index contributed by atoms with van der Waals surface area (Å²) < 4.78 is 0. The van der Waals surface area contributed by atoms with Crippen LogP contribution < -0.4 is 5.32 Å². The molecule has 2 fully saturated rings. The van der Waals surface area contributed by atoms with E-state index >= 15 is 0 Å². The number of amides is 2. The minimum absolute atomic E-state index is 0.0184. The van der Waals surface area contributed by atoms with Gasteiger partial charge in [-0.3, -0.25) is 19.5 Å². The molecule has 0 bridgehead atoms. The highest BCUT2D eigenvalue weighted by Crippen LogP contribution is 2.21. The van der Waals surface area contributed by atoms with Crippen molar-refractivity contribution in [1.82, 2.24) is 20.1 Å². The number of likely N-dealkylation sites (tertiary alicyclic amines) is 2. The van der Waals surface area contributed by atoms with E-state index in [1.165, 1.54) is 25.5 Å². The van der Waals surface area contributed by atoms with E-state index in [9.17, 15) is 9.59 Å². The summed E-state index contributed by atoms with van der Waals surface area (Å²) in [5.41, 5.74) is 0.886. The fourth-order valence-corrected chi connectivity index (χ4v) is 3.51. The Morgan fingerprint density at radius 2 is 1.96 bits per heavy atom. The van der Waals surface area contributed by atoms with Crippen LogP contribution in [-0.2, 0) is 0 Å². The zero-order valence-electron chi connectivity index (χ0n) is 13.6. The van der Waals surface area contributed by atoms with E-state index in [4.69, 9.17) is 0 Å². The lowest BCUT2D eigenvalue weighted by molar-refractivity contribution is 0.0607. The molecule has 2 amide bonds. The summed E-state index contributed by atoms with van der Waals surface area (Å²) in [5, 5.41) is 2.53. The molecule has 2 aliphatic rings. The third-order valence-corrected chi connectivity index (χ3v) is 4.81. The minimum atomic E-state index is -0.240. The van der Waals surface area contributed by atoms with Crippen molar-refractivity contribution in [3.63, 3.8) is 0 Å². The molecule has 0 radical (unpaired) electrons. The SMILES string of the molecule is CNC(=O)c1ccc(C(=O)N2CCCC(N3CCCC3)C2)cn1. The largest absolute Gasteiger partial charge is 0.354 e. The van der Waals surface area contributed by atoms with Crippen LogP contribution in [0.25, 0.3) is 0 Å². The first-order chi connectivity index (χ1) is 11.2. The lowest BCUT2D eigenvalue weighted by Crippen LogP contribution is -2.49. The average molecular weight is 316 g/mol. The zero-order chi connectivity index (χ0) is 16.2. The molecule has 6 heteroatoms. The summed E-state index contributed by atoms with van der Waals surface area (Å²) in [5.74, 6) is -0.221. The molecule has 1 aromatic rings. The van der Waals surface area contributed by atoms with Crippen molar-refractivity contribution in [2.24, 2.45) is 0 Å². The van der Waals surface area contributed by atoms with E-state index in [2.05, 4.69) is 15.2 Å². The van der Waals surface area contributed by atoms with Gasteiger partial charge in [-0.1, -0.05) is 0 Å². The summed E-state index contributed by atoms with van der Waals surface area (Å²) >= 11 is 0. The molecule has 0 saturated carbocycles. The van der Waals surface area contributed by atoms with Crippen LogP contribution in [0.15, 0.2) is 18.3 Å². The normalized spacial score (nSPS) is 22.1. The molecule has 1 unspecified atom stereocenters. The Bertz CT molecular complexity index is 566. The van der Waals surface area contributed by atoms with Gasteiger partial charge in [0.15, 0.2) is 0 Å². The summed E-state index contributed by atoms with van der Waals surface area (Å²) in [6.07, 6.45) is 6.28. The van der Waals surface area contributed by atoms with Crippen molar-refractivity contribution in [3.05, 3.63) is 29.6 Å². The number of hydrogen-bond acceptors (Lipinski definition) is 4. The number of nitrogens with zero attached hydrogens (tertiary/aromatic N) is 3. The van der Waals surface area contributed by atoms with Gasteiger partial charge in [0, 0.05) is 32.4 Å². The second-order valence-electron chi connectivity index (χ2n) is 6.30. The zero-order valence-corrected chi connectivity index (χ0v) is 13.6. The van der Waals surface area contributed by atoms with Crippen LogP contribution in [0.4, 0.5) is 0 Å². The van der Waals surface area contributed by atoms with Crippen LogP contribution in [0.5, 0.6) is 0 Å². The number of piperidine rings is 1. The molecular formula is C17H24N4O2. The summed E-state index contributed by atoms with van der Waals surface area (Å²) in [4.78, 5) is 32.7. The molecule has 1 atom stereocenters. The van der Waals surface area contributed by atoms with Gasteiger partial charge >= 0.3 is 0 Å². The van der Waals surface area contributed by atoms with Crippen molar-refractivity contribution < 1.29 is 9.59 Å². The van der Waals surface area contributed by atoms with E-state index in [0.717, 1.165) is 32.6 Å². The van der Waals surface area contributed by atoms with Gasteiger partial charge in [-0.25, -0.2) is 0 Å². The molecule has 1 N–H and O–H groups in total. The highest BCUT2D eigenvalue weighted by molar-refractivity contribution is 5.96. The van der Waals surface area contributed by atoms with Crippen LogP contribution in [0.1, 0.15) is 46.5 Å². The first kappa shape index (κ1) is 15.9. The monoisotopic (exact) mass is 316 g/mol. The van der Waals surface area contributed by atoms with Crippen LogP contribution >= 0.6 is 0 Å². The van der Waals surface area contributed by atoms with Crippen LogP contribution in [0.2, 0.25) is 0 Å². The first-order valence-corrected chi connectivity index (χ1v) is 8.40. The van der Waals surface area contributed by atoms with E-state index in [0.29, 0.717) is 17.3 Å². The lowest BCUT2D eigenvalue weighted by Gasteiger charge is -2.37. The maximum absolute atomic E-state index is 12.7. The molecule has 6 nitrogen and oxygen atoms in total. The summed E-state index contributed by atoms with van der Waals surface area (Å²) in [6.45, 7) is 3.93. The molecule has 0 spiro atoms. The smallest absolute Gasteiger partial charge is 0.269 e. The fourth-order valence-electron chi connectivity index (χ4n) is 3.51. The standard InChI is InChI=1S/C17H24N4O2/c1-18-16(22)15-7-6-13(11-19-15)17(23)21-10-4-5-14(12-21)20-8-2-3-9-20/h6-7,11,14H,2-5,8-10,12H2,1H3,(H,18,22). The lowest BCUT2D eigenvalue weighted by atomic mass is 10.0. The quantitative estimate of drug-likeness (QED) is 0.908. The second kappa shape index (κ2) is 7.08. The number of carbonyl (C=O) groups excluding carboxylic acids is 2. The third-order valence-electron chi connectivity index (χ3n) is 4.81. The molecular weight excluding hydrogens is 292 g/mol. The Morgan fingerprint density at radius 1 is 1.17 bits per heavy atom. The van der Waals surface area contributed by atoms with E-state index in [-0.39, 0.29) is 11.8 Å². The molecule has 0 aromatic carbocycles. The predicted molar refractivity (Wildman–Crippen MR) is 87.4 cm³/mol. The van der Waals surface area contributed by atoms with Gasteiger partial charge in [0.2, 0.25) is 0 Å². The molecule has 2 saturated heterocycles. The van der Waals surface area contributed by atoms with Gasteiger partial charge in [0.1, 0.15) is 5.69 Å². The van der Waals surface area contributed by atoms with E-state index < -0.39 is 0 Å². The Kier molecular flexibility index (Phi) is 4.91. The van der Waals surface area contributed by atoms with Crippen LogP contribution in [-0.4, -0.2) is 65.9 Å². The van der Waals surface area contributed by atoms with Crippen LogP contribution in [0.3, 0.4) is 0 Å². The van der Waals surface area contributed by atoms with E-state index in [1.807, 2.05) is 4.90 Å². The van der Waals surface area contributed by atoms with Gasteiger partial charge in [-0.15, -0.1) is 0 Å². The number of pyridine rings is 1. The number of nitrogens with one attached hydrogen (secondary N) is 1. The number of hydrogen-bond donors (Lipinski definition) is 1. The first-order valence-electron chi connectivity index (χ1n) is 8.40.